The number of alkyl halides is 2. The third-order valence-electron chi connectivity index (χ3n) is 9.44. The summed E-state index contributed by atoms with van der Waals surface area (Å²) in [4.78, 5) is 0. The maximum atomic E-state index is 4.76. The standard InChI is InChI=1S/C43H39P2.C5H5.CH2Cl2.2Au.2ClH.Fe/c1-29-23-30(2)26-36(25-29)44(37-27-31(3)24-32(4)28-37)33(5)38-19-12-22-41(38)45(42-20-10-15-34-13-6-8-17-39(34)42)43-21-11-16-35-14-7-9-18-40(35)43;1-2-4-5-3-1;2-1-3;;;;;/h6-28,33H,1-5H3;1-5H;1H2;;;2*1H;/q2*-1;;2*+1;;;+2/p-2/t33-;;;;;;;/m0......./s1. The molecule has 9 heteroatoms. The first kappa shape index (κ1) is 54.6. The van der Waals surface area contributed by atoms with Crippen LogP contribution in [0.15, 0.2) is 170 Å². The fraction of sp³-hybridized carbons (Fsp3) is 0.143. The van der Waals surface area contributed by atoms with Crippen molar-refractivity contribution in [1.82, 2.24) is 0 Å². The van der Waals surface area contributed by atoms with Gasteiger partial charge in [0.1, 0.15) is 0 Å². The zero-order valence-electron chi connectivity index (χ0n) is 32.8. The number of hydrogen-bond donors (Lipinski definition) is 0. The van der Waals surface area contributed by atoms with Gasteiger partial charge in [0.15, 0.2) is 0 Å². The number of fused-ring (bicyclic) bond motifs is 2. The van der Waals surface area contributed by atoms with E-state index in [-0.39, 0.29) is 92.0 Å². The molecule has 310 valence electrons. The molecule has 0 unspecified atom stereocenters. The van der Waals surface area contributed by atoms with Crippen molar-refractivity contribution in [3.05, 3.63) is 198 Å². The van der Waals surface area contributed by atoms with Gasteiger partial charge in [-0.15, -0.1) is 28.5 Å². The number of benzene rings is 6. The molecule has 8 aromatic rings. The van der Waals surface area contributed by atoms with Gasteiger partial charge in [0, 0.05) is 0 Å². The van der Waals surface area contributed by atoms with Crippen molar-refractivity contribution in [2.45, 2.75) is 40.3 Å². The van der Waals surface area contributed by atoms with Gasteiger partial charge in [0.2, 0.25) is 0 Å². The molecule has 0 saturated heterocycles. The zero-order chi connectivity index (χ0) is 37.3. The second kappa shape index (κ2) is 26.8. The second-order valence-corrected chi connectivity index (χ2v) is 19.0. The summed E-state index contributed by atoms with van der Waals surface area (Å²) in [5.41, 5.74) is 7.17. The van der Waals surface area contributed by atoms with Crippen LogP contribution in [0.25, 0.3) is 21.5 Å². The van der Waals surface area contributed by atoms with Crippen LogP contribution in [-0.4, -0.2) is 5.34 Å². The zero-order valence-corrected chi connectivity index (χ0v) is 43.1. The van der Waals surface area contributed by atoms with Crippen molar-refractivity contribution in [2.75, 3.05) is 5.34 Å². The molecular weight excluding hydrogens is 1240 g/mol. The molecule has 1 atom stereocenters. The quantitative estimate of drug-likeness (QED) is 0.0721. The van der Waals surface area contributed by atoms with Gasteiger partial charge in [-0.1, -0.05) is 158 Å². The average molecular weight is 1290 g/mol. The van der Waals surface area contributed by atoms with Crippen molar-refractivity contribution >= 4 is 87.1 Å². The first-order valence-electron chi connectivity index (χ1n) is 18.0. The normalized spacial score (nSPS) is 10.6. The van der Waals surface area contributed by atoms with Crippen molar-refractivity contribution in [3.63, 3.8) is 0 Å². The van der Waals surface area contributed by atoms with Gasteiger partial charge in [-0.3, -0.25) is 0 Å². The predicted octanol–water partition coefficient (Wildman–Crippen LogP) is 6.73. The molecule has 0 bridgehead atoms. The van der Waals surface area contributed by atoms with E-state index in [1.807, 2.05) is 30.3 Å². The molecule has 0 radical (unpaired) electrons. The Balaban J connectivity index is 0.00000118. The van der Waals surface area contributed by atoms with Crippen LogP contribution in [0.4, 0.5) is 0 Å². The van der Waals surface area contributed by atoms with Crippen LogP contribution in [-0.2, 0) is 61.8 Å². The summed E-state index contributed by atoms with van der Waals surface area (Å²) in [6, 6.07) is 63.1. The average Bonchev–Trinajstić information content (AvgIpc) is 3.89. The number of rotatable bonds is 7. The Hall–Kier alpha value is -1.44. The minimum atomic E-state index is -0.839. The van der Waals surface area contributed by atoms with Crippen molar-refractivity contribution in [3.8, 4) is 0 Å². The van der Waals surface area contributed by atoms with E-state index in [9.17, 15) is 0 Å². The topological polar surface area (TPSA) is 0 Å². The first-order chi connectivity index (χ1) is 25.8. The maximum absolute atomic E-state index is 4.76. The van der Waals surface area contributed by atoms with E-state index >= 15 is 0 Å². The molecule has 0 heterocycles. The Morgan fingerprint density at radius 3 is 1.34 bits per heavy atom. The van der Waals surface area contributed by atoms with Gasteiger partial charge in [-0.25, -0.2) is 24.3 Å². The molecule has 8 aromatic carbocycles. The van der Waals surface area contributed by atoms with Crippen LogP contribution in [0.2, 0.25) is 0 Å². The van der Waals surface area contributed by atoms with E-state index in [4.69, 9.17) is 23.2 Å². The molecule has 0 N–H and O–H groups in total. The Labute approximate surface area is 412 Å². The smallest absolute Gasteiger partial charge is 1.00 e. The van der Waals surface area contributed by atoms with E-state index in [1.165, 1.54) is 75.9 Å². The Morgan fingerprint density at radius 1 is 0.552 bits per heavy atom. The summed E-state index contributed by atoms with van der Waals surface area (Å²) in [6.45, 7) is 11.4. The maximum Gasteiger partial charge on any atom is 2.00 e. The largest absolute Gasteiger partial charge is 2.00 e. The van der Waals surface area contributed by atoms with Gasteiger partial charge in [-0.05, 0) is 84.0 Å². The number of hydrogen-bond acceptors (Lipinski definition) is 0. The molecule has 0 aromatic heterocycles. The summed E-state index contributed by atoms with van der Waals surface area (Å²) in [5, 5.41) is 12.8. The van der Waals surface area contributed by atoms with E-state index < -0.39 is 15.8 Å². The van der Waals surface area contributed by atoms with Gasteiger partial charge >= 0.3 is 61.8 Å². The van der Waals surface area contributed by atoms with Crippen molar-refractivity contribution in [1.29, 1.82) is 0 Å². The minimum absolute atomic E-state index is 0. The van der Waals surface area contributed by atoms with E-state index in [1.54, 1.807) is 0 Å². The van der Waals surface area contributed by atoms with Crippen molar-refractivity contribution in [2.24, 2.45) is 0 Å². The third-order valence-corrected chi connectivity index (χ3v) is 14.8. The Kier molecular flexibility index (Phi) is 25.2. The minimum Gasteiger partial charge on any atom is -1.00 e. The summed E-state index contributed by atoms with van der Waals surface area (Å²) < 4.78 is 0. The molecule has 0 aliphatic rings. The van der Waals surface area contributed by atoms with Crippen LogP contribution in [0.5, 0.6) is 0 Å². The van der Waals surface area contributed by atoms with Crippen LogP contribution >= 0.6 is 39.0 Å². The number of aryl methyl sites for hydroxylation is 4. The SMILES string of the molecule is Cc1cc(C)cc(P(c2cc(C)cc(C)c2)[C@@H](C)c2ccc[c-]2P(c2cccc3ccccc23)c2cccc3ccccc23)c1.ClCCl.[Au+].[Au+].[Cl-].[Cl-].[Fe+2].c1cc[cH-]c1. The molecule has 0 nitrogen and oxygen atoms in total. The molecule has 8 rings (SSSR count). The molecule has 0 aliphatic heterocycles. The van der Waals surface area contributed by atoms with Crippen molar-refractivity contribution < 1.29 is 86.6 Å². The Bertz CT molecular complexity index is 2220. The fourth-order valence-electron chi connectivity index (χ4n) is 7.41. The van der Waals surface area contributed by atoms with Crippen LogP contribution in [0.1, 0.15) is 40.4 Å². The molecular formula is C49H46Au2Cl4FeP2. The Morgan fingerprint density at radius 2 is 0.948 bits per heavy atom. The fourth-order valence-corrected chi connectivity index (χ4v) is 13.5. The second-order valence-electron chi connectivity index (χ2n) is 13.5. The van der Waals surface area contributed by atoms with Crippen LogP contribution in [0.3, 0.4) is 0 Å². The summed E-state index contributed by atoms with van der Waals surface area (Å²) in [7, 11) is -1.50. The molecule has 58 heavy (non-hydrogen) atoms. The molecule has 0 amide bonds. The predicted molar refractivity (Wildman–Crippen MR) is 241 cm³/mol. The van der Waals surface area contributed by atoms with Gasteiger partial charge < -0.3 is 24.8 Å². The van der Waals surface area contributed by atoms with Gasteiger partial charge in [0.05, 0.1) is 5.34 Å². The summed E-state index contributed by atoms with van der Waals surface area (Å²) in [6.07, 6.45) is 0. The third kappa shape index (κ3) is 13.5. The molecule has 0 fully saturated rings. The van der Waals surface area contributed by atoms with E-state index in [0.717, 1.165) is 0 Å². The first-order valence-corrected chi connectivity index (χ1v) is 21.9. The number of halogens is 4. The van der Waals surface area contributed by atoms with E-state index in [2.05, 4.69) is 174 Å². The monoisotopic (exact) mass is 1290 g/mol. The molecule has 0 saturated carbocycles. The summed E-state index contributed by atoms with van der Waals surface area (Å²) >= 11 is 9.53. The summed E-state index contributed by atoms with van der Waals surface area (Å²) in [5.74, 6) is 0. The van der Waals surface area contributed by atoms with Gasteiger partial charge in [-0.2, -0.15) is 29.8 Å². The van der Waals surface area contributed by atoms with Gasteiger partial charge in [0.25, 0.3) is 0 Å². The molecule has 0 aliphatic carbocycles. The van der Waals surface area contributed by atoms with Crippen LogP contribution in [0, 0.1) is 27.7 Å². The van der Waals surface area contributed by atoms with Crippen LogP contribution < -0.4 is 51.3 Å². The molecule has 0 spiro atoms. The van der Waals surface area contributed by atoms with E-state index in [0.29, 0.717) is 5.66 Å².